The van der Waals surface area contributed by atoms with E-state index in [1.165, 1.54) is 64.2 Å². The highest BCUT2D eigenvalue weighted by atomic mass is 16.1. The Morgan fingerprint density at radius 2 is 1.65 bits per heavy atom. The number of ketones is 1. The zero-order valence-corrected chi connectivity index (χ0v) is 19.0. The SMILES string of the molecule is CC12CCC3C4CCC(C#CC5CC5)CC4CCC3C1CCC2C(=O)Cn1nccn1. The van der Waals surface area contributed by atoms with Crippen LogP contribution in [0.1, 0.15) is 77.6 Å². The van der Waals surface area contributed by atoms with E-state index in [4.69, 9.17) is 0 Å². The number of nitrogens with zero attached hydrogens (tertiary/aromatic N) is 3. The van der Waals surface area contributed by atoms with Crippen LogP contribution in [-0.2, 0) is 11.3 Å². The monoisotopic (exact) mass is 419 g/mol. The Hall–Kier alpha value is -1.63. The average molecular weight is 420 g/mol. The molecule has 5 aliphatic rings. The summed E-state index contributed by atoms with van der Waals surface area (Å²) in [7, 11) is 0. The molecule has 8 unspecified atom stereocenters. The molecule has 5 saturated carbocycles. The van der Waals surface area contributed by atoms with Gasteiger partial charge in [0.1, 0.15) is 6.54 Å². The molecule has 5 fully saturated rings. The van der Waals surface area contributed by atoms with Crippen molar-refractivity contribution in [2.24, 2.45) is 52.8 Å². The van der Waals surface area contributed by atoms with Crippen molar-refractivity contribution >= 4 is 5.78 Å². The molecule has 5 aliphatic carbocycles. The van der Waals surface area contributed by atoms with Gasteiger partial charge >= 0.3 is 0 Å². The Bertz CT molecular complexity index is 878. The second-order valence-corrected chi connectivity index (χ2v) is 11.7. The van der Waals surface area contributed by atoms with Gasteiger partial charge in [-0.3, -0.25) is 4.79 Å². The smallest absolute Gasteiger partial charge is 0.159 e. The van der Waals surface area contributed by atoms with E-state index in [0.29, 0.717) is 18.2 Å². The van der Waals surface area contributed by atoms with Crippen LogP contribution in [0.25, 0.3) is 0 Å². The molecule has 0 amide bonds. The van der Waals surface area contributed by atoms with Gasteiger partial charge in [0.15, 0.2) is 5.78 Å². The molecule has 4 nitrogen and oxygen atoms in total. The predicted molar refractivity (Wildman–Crippen MR) is 120 cm³/mol. The standard InChI is InChI=1S/C27H37N3O/c1-27-13-12-22-21-8-6-19(5-4-18-2-3-18)16-20(21)7-9-23(22)24(27)10-11-25(27)26(31)17-30-28-14-15-29-30/h14-15,18-25H,2-3,6-13,16-17H2,1H3. The van der Waals surface area contributed by atoms with Gasteiger partial charge in [0.25, 0.3) is 0 Å². The Labute approximate surface area is 186 Å². The second kappa shape index (κ2) is 7.75. The Morgan fingerprint density at radius 1 is 0.903 bits per heavy atom. The normalized spacial score (nSPS) is 43.8. The highest BCUT2D eigenvalue weighted by Gasteiger charge is 2.58. The molecule has 0 spiro atoms. The number of rotatable bonds is 3. The Balaban J connectivity index is 1.14. The zero-order chi connectivity index (χ0) is 21.0. The zero-order valence-electron chi connectivity index (χ0n) is 19.0. The maximum Gasteiger partial charge on any atom is 0.159 e. The molecule has 1 aromatic heterocycles. The Kier molecular flexibility index (Phi) is 5.00. The third-order valence-corrected chi connectivity index (χ3v) is 10.2. The summed E-state index contributed by atoms with van der Waals surface area (Å²) in [5, 5.41) is 8.34. The maximum absolute atomic E-state index is 13.2. The van der Waals surface area contributed by atoms with Crippen molar-refractivity contribution in [2.75, 3.05) is 0 Å². The van der Waals surface area contributed by atoms with Crippen LogP contribution in [-0.4, -0.2) is 20.8 Å². The number of hydrogen-bond donors (Lipinski definition) is 0. The molecule has 1 aromatic rings. The molecular formula is C27H37N3O. The van der Waals surface area contributed by atoms with Gasteiger partial charge in [-0.15, -0.1) is 0 Å². The van der Waals surface area contributed by atoms with E-state index in [2.05, 4.69) is 29.0 Å². The van der Waals surface area contributed by atoms with Crippen LogP contribution in [0.15, 0.2) is 12.4 Å². The molecule has 166 valence electrons. The van der Waals surface area contributed by atoms with Crippen LogP contribution in [0.3, 0.4) is 0 Å². The van der Waals surface area contributed by atoms with Gasteiger partial charge < -0.3 is 0 Å². The van der Waals surface area contributed by atoms with E-state index in [9.17, 15) is 4.79 Å². The summed E-state index contributed by atoms with van der Waals surface area (Å²) in [4.78, 5) is 14.8. The summed E-state index contributed by atoms with van der Waals surface area (Å²) < 4.78 is 0. The third-order valence-electron chi connectivity index (χ3n) is 10.2. The Morgan fingerprint density at radius 3 is 2.45 bits per heavy atom. The first-order valence-corrected chi connectivity index (χ1v) is 13.0. The van der Waals surface area contributed by atoms with Crippen molar-refractivity contribution in [2.45, 2.75) is 84.1 Å². The van der Waals surface area contributed by atoms with E-state index in [-0.39, 0.29) is 11.3 Å². The summed E-state index contributed by atoms with van der Waals surface area (Å²) >= 11 is 0. The van der Waals surface area contributed by atoms with Gasteiger partial charge in [-0.1, -0.05) is 18.8 Å². The molecule has 0 aliphatic heterocycles. The summed E-state index contributed by atoms with van der Waals surface area (Å²) in [5.41, 5.74) is 0.200. The lowest BCUT2D eigenvalue weighted by atomic mass is 9.49. The third kappa shape index (κ3) is 3.57. The van der Waals surface area contributed by atoms with Crippen molar-refractivity contribution in [3.05, 3.63) is 12.4 Å². The van der Waals surface area contributed by atoms with Crippen molar-refractivity contribution in [1.82, 2.24) is 15.0 Å². The number of hydrogen-bond acceptors (Lipinski definition) is 3. The van der Waals surface area contributed by atoms with Crippen LogP contribution in [0.4, 0.5) is 0 Å². The van der Waals surface area contributed by atoms with Crippen LogP contribution in [0.5, 0.6) is 0 Å². The summed E-state index contributed by atoms with van der Waals surface area (Å²) in [6, 6.07) is 0. The lowest BCUT2D eigenvalue weighted by Crippen LogP contribution is -2.49. The molecule has 0 aromatic carbocycles. The van der Waals surface area contributed by atoms with E-state index >= 15 is 0 Å². The minimum atomic E-state index is 0.200. The van der Waals surface area contributed by atoms with Gasteiger partial charge in [0.2, 0.25) is 0 Å². The molecule has 0 bridgehead atoms. The molecule has 0 N–H and O–H groups in total. The number of Topliss-reactive ketones (excluding diaryl/α,β-unsaturated/α-hetero) is 1. The first kappa shape index (κ1) is 20.0. The second-order valence-electron chi connectivity index (χ2n) is 11.7. The topological polar surface area (TPSA) is 47.8 Å². The fraction of sp³-hybridized carbons (Fsp3) is 0.815. The number of carbonyl (C=O) groups is 1. The first-order chi connectivity index (χ1) is 15.1. The fourth-order valence-corrected chi connectivity index (χ4v) is 8.55. The number of carbonyl (C=O) groups excluding carboxylic acids is 1. The number of fused-ring (bicyclic) bond motifs is 5. The molecule has 0 saturated heterocycles. The molecule has 31 heavy (non-hydrogen) atoms. The predicted octanol–water partition coefficient (Wildman–Crippen LogP) is 5.15. The minimum absolute atomic E-state index is 0.200. The van der Waals surface area contributed by atoms with Crippen LogP contribution < -0.4 is 0 Å². The summed E-state index contributed by atoms with van der Waals surface area (Å²) in [6.45, 7) is 2.80. The molecular weight excluding hydrogens is 382 g/mol. The van der Waals surface area contributed by atoms with Gasteiger partial charge in [-0.05, 0) is 106 Å². The molecule has 4 heteroatoms. The van der Waals surface area contributed by atoms with Crippen molar-refractivity contribution < 1.29 is 4.79 Å². The van der Waals surface area contributed by atoms with Gasteiger partial charge in [-0.2, -0.15) is 15.0 Å². The van der Waals surface area contributed by atoms with Crippen LogP contribution >= 0.6 is 0 Å². The van der Waals surface area contributed by atoms with Gasteiger partial charge in [-0.25, -0.2) is 0 Å². The lowest BCUT2D eigenvalue weighted by molar-refractivity contribution is -0.131. The quantitative estimate of drug-likeness (QED) is 0.637. The van der Waals surface area contributed by atoms with E-state index in [1.54, 1.807) is 17.2 Å². The average Bonchev–Trinajstić information content (AvgIpc) is 3.33. The maximum atomic E-state index is 13.2. The highest BCUT2D eigenvalue weighted by molar-refractivity contribution is 5.81. The van der Waals surface area contributed by atoms with Crippen molar-refractivity contribution in [1.29, 1.82) is 0 Å². The first-order valence-electron chi connectivity index (χ1n) is 13.0. The molecule has 6 rings (SSSR count). The van der Waals surface area contributed by atoms with E-state index in [0.717, 1.165) is 41.9 Å². The van der Waals surface area contributed by atoms with Crippen LogP contribution in [0, 0.1) is 64.6 Å². The highest BCUT2D eigenvalue weighted by Crippen LogP contribution is 2.64. The largest absolute Gasteiger partial charge is 0.297 e. The lowest BCUT2D eigenvalue weighted by Gasteiger charge is -2.56. The van der Waals surface area contributed by atoms with Gasteiger partial charge in [0.05, 0.1) is 12.4 Å². The van der Waals surface area contributed by atoms with E-state index < -0.39 is 0 Å². The molecule has 8 atom stereocenters. The summed E-state index contributed by atoms with van der Waals surface area (Å²) in [5.74, 6) is 13.6. The van der Waals surface area contributed by atoms with Crippen LogP contribution in [0.2, 0.25) is 0 Å². The van der Waals surface area contributed by atoms with Gasteiger partial charge in [0, 0.05) is 17.8 Å². The summed E-state index contributed by atoms with van der Waals surface area (Å²) in [6.07, 6.45) is 17.9. The molecule has 1 heterocycles. The molecule has 0 radical (unpaired) electrons. The van der Waals surface area contributed by atoms with Crippen molar-refractivity contribution in [3.63, 3.8) is 0 Å². The number of aromatic nitrogens is 3. The van der Waals surface area contributed by atoms with E-state index in [1.807, 2.05) is 0 Å². The fourth-order valence-electron chi connectivity index (χ4n) is 8.55. The van der Waals surface area contributed by atoms with Crippen molar-refractivity contribution in [3.8, 4) is 11.8 Å². The minimum Gasteiger partial charge on any atom is -0.297 e.